The molecule has 1 aliphatic rings. The van der Waals surface area contributed by atoms with Gasteiger partial charge in [-0.1, -0.05) is 12.8 Å². The molecule has 1 aliphatic carbocycles. The van der Waals surface area contributed by atoms with Crippen molar-refractivity contribution in [2.24, 2.45) is 0 Å². The summed E-state index contributed by atoms with van der Waals surface area (Å²) in [6.45, 7) is 2.44. The number of rotatable bonds is 9. The average molecular weight is 379 g/mol. The van der Waals surface area contributed by atoms with Gasteiger partial charge in [-0.05, 0) is 31.9 Å². The molecule has 1 fully saturated rings. The molecule has 27 heavy (non-hydrogen) atoms. The predicted octanol–water partition coefficient (Wildman–Crippen LogP) is 3.05. The van der Waals surface area contributed by atoms with Gasteiger partial charge in [-0.15, -0.1) is 0 Å². The Morgan fingerprint density at radius 2 is 1.63 bits per heavy atom. The van der Waals surface area contributed by atoms with E-state index in [1.807, 2.05) is 0 Å². The molecule has 0 saturated heterocycles. The second kappa shape index (κ2) is 10.0. The lowest BCUT2D eigenvalue weighted by molar-refractivity contribution is -0.143. The van der Waals surface area contributed by atoms with Crippen LogP contribution in [0.2, 0.25) is 0 Å². The van der Waals surface area contributed by atoms with Crippen molar-refractivity contribution in [1.82, 2.24) is 4.90 Å². The van der Waals surface area contributed by atoms with Gasteiger partial charge in [-0.25, -0.2) is 0 Å². The van der Waals surface area contributed by atoms with E-state index in [4.69, 9.17) is 18.9 Å². The number of hydrogen-bond donors (Lipinski definition) is 0. The Balaban J connectivity index is 2.29. The molecule has 0 radical (unpaired) electrons. The fourth-order valence-corrected chi connectivity index (χ4v) is 3.48. The van der Waals surface area contributed by atoms with Crippen LogP contribution in [0.5, 0.6) is 17.2 Å². The maximum absolute atomic E-state index is 13.3. The van der Waals surface area contributed by atoms with Crippen LogP contribution in [-0.4, -0.2) is 57.3 Å². The number of amides is 1. The summed E-state index contributed by atoms with van der Waals surface area (Å²) in [5.74, 6) is 0.855. The van der Waals surface area contributed by atoms with E-state index in [1.54, 1.807) is 24.0 Å². The summed E-state index contributed by atoms with van der Waals surface area (Å²) in [4.78, 5) is 26.8. The van der Waals surface area contributed by atoms with Crippen molar-refractivity contribution in [1.29, 1.82) is 0 Å². The zero-order chi connectivity index (χ0) is 19.8. The highest BCUT2D eigenvalue weighted by Gasteiger charge is 2.29. The standard InChI is InChI=1S/C20H29NO6/c1-5-27-18(22)10-11-21(15-8-6-7-9-15)20(23)14-12-16(24-2)19(26-4)17(13-14)25-3/h12-13,15H,5-11H2,1-4H3. The van der Waals surface area contributed by atoms with Gasteiger partial charge in [0.05, 0.1) is 34.4 Å². The average Bonchev–Trinajstić information content (AvgIpc) is 3.21. The molecule has 0 atom stereocenters. The molecular formula is C20H29NO6. The molecule has 0 aromatic heterocycles. The highest BCUT2D eigenvalue weighted by atomic mass is 16.5. The summed E-state index contributed by atoms with van der Waals surface area (Å²) < 4.78 is 21.0. The van der Waals surface area contributed by atoms with Gasteiger partial charge in [-0.3, -0.25) is 9.59 Å². The summed E-state index contributed by atoms with van der Waals surface area (Å²) in [5.41, 5.74) is 0.445. The normalized spacial score (nSPS) is 13.9. The molecule has 0 unspecified atom stereocenters. The van der Waals surface area contributed by atoms with Crippen LogP contribution in [0.25, 0.3) is 0 Å². The minimum absolute atomic E-state index is 0.131. The second-order valence-electron chi connectivity index (χ2n) is 6.41. The summed E-state index contributed by atoms with van der Waals surface area (Å²) in [6.07, 6.45) is 4.24. The molecule has 0 bridgehead atoms. The van der Waals surface area contributed by atoms with Crippen molar-refractivity contribution >= 4 is 11.9 Å². The minimum Gasteiger partial charge on any atom is -0.493 e. The third-order valence-electron chi connectivity index (χ3n) is 4.80. The summed E-state index contributed by atoms with van der Waals surface area (Å²) in [6, 6.07) is 3.43. The van der Waals surface area contributed by atoms with Crippen LogP contribution in [0, 0.1) is 0 Å². The van der Waals surface area contributed by atoms with Crippen molar-refractivity contribution in [3.63, 3.8) is 0 Å². The zero-order valence-electron chi connectivity index (χ0n) is 16.6. The lowest BCUT2D eigenvalue weighted by Gasteiger charge is -2.29. The number of esters is 1. The summed E-state index contributed by atoms with van der Waals surface area (Å²) >= 11 is 0. The first-order valence-corrected chi connectivity index (χ1v) is 9.32. The first kappa shape index (κ1) is 20.9. The number of carbonyl (C=O) groups is 2. The van der Waals surface area contributed by atoms with Gasteiger partial charge in [0, 0.05) is 18.2 Å². The Kier molecular flexibility index (Phi) is 7.76. The summed E-state index contributed by atoms with van der Waals surface area (Å²) in [7, 11) is 4.55. The number of carbonyl (C=O) groups excluding carboxylic acids is 2. The van der Waals surface area contributed by atoms with Gasteiger partial charge in [0.15, 0.2) is 11.5 Å². The Labute approximate surface area is 160 Å². The first-order chi connectivity index (χ1) is 13.0. The molecule has 7 nitrogen and oxygen atoms in total. The fraction of sp³-hybridized carbons (Fsp3) is 0.600. The van der Waals surface area contributed by atoms with E-state index in [-0.39, 0.29) is 24.3 Å². The number of hydrogen-bond acceptors (Lipinski definition) is 6. The molecule has 1 aromatic rings. The van der Waals surface area contributed by atoms with E-state index in [0.29, 0.717) is 36.0 Å². The van der Waals surface area contributed by atoms with E-state index < -0.39 is 0 Å². The molecule has 0 N–H and O–H groups in total. The minimum atomic E-state index is -0.293. The number of benzene rings is 1. The number of methoxy groups -OCH3 is 3. The molecule has 1 amide bonds. The fourth-order valence-electron chi connectivity index (χ4n) is 3.48. The van der Waals surface area contributed by atoms with Gasteiger partial charge in [0.25, 0.3) is 5.91 Å². The topological polar surface area (TPSA) is 74.3 Å². The van der Waals surface area contributed by atoms with Crippen LogP contribution in [0.4, 0.5) is 0 Å². The first-order valence-electron chi connectivity index (χ1n) is 9.32. The van der Waals surface area contributed by atoms with Gasteiger partial charge in [0.1, 0.15) is 0 Å². The maximum Gasteiger partial charge on any atom is 0.307 e. The Morgan fingerprint density at radius 3 is 2.11 bits per heavy atom. The monoisotopic (exact) mass is 379 g/mol. The van der Waals surface area contributed by atoms with E-state index in [9.17, 15) is 9.59 Å². The van der Waals surface area contributed by atoms with Gasteiger partial charge in [0.2, 0.25) is 5.75 Å². The smallest absolute Gasteiger partial charge is 0.307 e. The van der Waals surface area contributed by atoms with Crippen LogP contribution in [0.15, 0.2) is 12.1 Å². The van der Waals surface area contributed by atoms with E-state index in [2.05, 4.69) is 0 Å². The third kappa shape index (κ3) is 5.05. The lowest BCUT2D eigenvalue weighted by atomic mass is 10.1. The molecule has 0 aliphatic heterocycles. The molecule has 0 spiro atoms. The highest BCUT2D eigenvalue weighted by Crippen LogP contribution is 2.39. The lowest BCUT2D eigenvalue weighted by Crippen LogP contribution is -2.40. The van der Waals surface area contributed by atoms with Crippen LogP contribution in [-0.2, 0) is 9.53 Å². The quantitative estimate of drug-likeness (QED) is 0.614. The summed E-state index contributed by atoms with van der Waals surface area (Å²) in [5, 5.41) is 0. The van der Waals surface area contributed by atoms with Crippen LogP contribution in [0.3, 0.4) is 0 Å². The largest absolute Gasteiger partial charge is 0.493 e. The molecule has 1 saturated carbocycles. The zero-order valence-corrected chi connectivity index (χ0v) is 16.6. The van der Waals surface area contributed by atoms with Crippen molar-refractivity contribution in [3.8, 4) is 17.2 Å². The van der Waals surface area contributed by atoms with E-state index in [0.717, 1.165) is 25.7 Å². The Morgan fingerprint density at radius 1 is 1.04 bits per heavy atom. The third-order valence-corrected chi connectivity index (χ3v) is 4.80. The molecule has 7 heteroatoms. The van der Waals surface area contributed by atoms with Crippen molar-refractivity contribution in [2.75, 3.05) is 34.5 Å². The highest BCUT2D eigenvalue weighted by molar-refractivity contribution is 5.96. The maximum atomic E-state index is 13.3. The SMILES string of the molecule is CCOC(=O)CCN(C(=O)c1cc(OC)c(OC)c(OC)c1)C1CCCC1. The van der Waals surface area contributed by atoms with Crippen LogP contribution in [0.1, 0.15) is 49.4 Å². The molecule has 2 rings (SSSR count). The molecule has 150 valence electrons. The van der Waals surface area contributed by atoms with E-state index >= 15 is 0 Å². The van der Waals surface area contributed by atoms with Crippen molar-refractivity contribution < 1.29 is 28.5 Å². The van der Waals surface area contributed by atoms with Crippen LogP contribution < -0.4 is 14.2 Å². The van der Waals surface area contributed by atoms with E-state index in [1.165, 1.54) is 21.3 Å². The molecule has 1 aromatic carbocycles. The number of nitrogens with zero attached hydrogens (tertiary/aromatic N) is 1. The van der Waals surface area contributed by atoms with Crippen molar-refractivity contribution in [3.05, 3.63) is 17.7 Å². The predicted molar refractivity (Wildman–Crippen MR) is 101 cm³/mol. The van der Waals surface area contributed by atoms with Gasteiger partial charge < -0.3 is 23.8 Å². The Bertz CT molecular complexity index is 629. The Hall–Kier alpha value is -2.44. The second-order valence-corrected chi connectivity index (χ2v) is 6.41. The molecule has 0 heterocycles. The van der Waals surface area contributed by atoms with Gasteiger partial charge >= 0.3 is 5.97 Å². The molecular weight excluding hydrogens is 350 g/mol. The van der Waals surface area contributed by atoms with Crippen molar-refractivity contribution in [2.45, 2.75) is 45.1 Å². The van der Waals surface area contributed by atoms with Gasteiger partial charge in [-0.2, -0.15) is 0 Å². The number of ether oxygens (including phenoxy) is 4. The van der Waals surface area contributed by atoms with Crippen LogP contribution >= 0.6 is 0 Å².